The van der Waals surface area contributed by atoms with Gasteiger partial charge in [0.25, 0.3) is 0 Å². The zero-order chi connectivity index (χ0) is 12.3. The third-order valence-corrected chi connectivity index (χ3v) is 3.27. The number of nitrogens with two attached hydrogens (primary N) is 1. The van der Waals surface area contributed by atoms with Gasteiger partial charge in [0.1, 0.15) is 5.54 Å². The highest BCUT2D eigenvalue weighted by molar-refractivity contribution is 5.88. The van der Waals surface area contributed by atoms with Crippen molar-refractivity contribution in [3.05, 3.63) is 0 Å². The van der Waals surface area contributed by atoms with Crippen LogP contribution in [-0.2, 0) is 9.59 Å². The van der Waals surface area contributed by atoms with Crippen LogP contribution < -0.4 is 5.73 Å². The lowest BCUT2D eigenvalue weighted by atomic mass is 9.92. The first-order chi connectivity index (χ1) is 7.44. The van der Waals surface area contributed by atoms with Crippen LogP contribution >= 0.6 is 0 Å². The molecule has 3 N–H and O–H groups in total. The van der Waals surface area contributed by atoms with Crippen LogP contribution in [0.4, 0.5) is 0 Å². The van der Waals surface area contributed by atoms with Gasteiger partial charge >= 0.3 is 5.97 Å². The first kappa shape index (κ1) is 13.0. The Hall–Kier alpha value is -1.10. The fraction of sp³-hybridized carbons (Fsp3) is 0.818. The SMILES string of the molecule is CCC1(C(=O)O)CCCN1C(=O)CC(C)N. The van der Waals surface area contributed by atoms with Crippen molar-refractivity contribution in [2.45, 2.75) is 51.1 Å². The van der Waals surface area contributed by atoms with E-state index in [0.29, 0.717) is 19.4 Å². The van der Waals surface area contributed by atoms with Crippen molar-refractivity contribution in [3.8, 4) is 0 Å². The number of nitrogens with zero attached hydrogens (tertiary/aromatic N) is 1. The summed E-state index contributed by atoms with van der Waals surface area (Å²) >= 11 is 0. The van der Waals surface area contributed by atoms with Crippen molar-refractivity contribution in [3.63, 3.8) is 0 Å². The zero-order valence-corrected chi connectivity index (χ0v) is 9.90. The highest BCUT2D eigenvalue weighted by Gasteiger charge is 2.48. The van der Waals surface area contributed by atoms with Gasteiger partial charge in [-0.2, -0.15) is 0 Å². The van der Waals surface area contributed by atoms with E-state index in [2.05, 4.69) is 0 Å². The van der Waals surface area contributed by atoms with E-state index in [1.54, 1.807) is 6.92 Å². The maximum absolute atomic E-state index is 11.9. The van der Waals surface area contributed by atoms with Gasteiger partial charge in [0.05, 0.1) is 0 Å². The van der Waals surface area contributed by atoms with E-state index in [4.69, 9.17) is 5.73 Å². The third-order valence-electron chi connectivity index (χ3n) is 3.27. The van der Waals surface area contributed by atoms with Crippen LogP contribution in [0.2, 0.25) is 0 Å². The second-order valence-electron chi connectivity index (χ2n) is 4.52. The van der Waals surface area contributed by atoms with Gasteiger partial charge in [0.15, 0.2) is 0 Å². The minimum Gasteiger partial charge on any atom is -0.479 e. The summed E-state index contributed by atoms with van der Waals surface area (Å²) < 4.78 is 0. The molecular weight excluding hydrogens is 208 g/mol. The lowest BCUT2D eigenvalue weighted by Gasteiger charge is -2.34. The number of carbonyl (C=O) groups is 2. The molecule has 0 bridgehead atoms. The molecule has 0 saturated carbocycles. The quantitative estimate of drug-likeness (QED) is 0.737. The first-order valence-electron chi connectivity index (χ1n) is 5.73. The van der Waals surface area contributed by atoms with Gasteiger partial charge in [-0.25, -0.2) is 4.79 Å². The number of hydrogen-bond donors (Lipinski definition) is 2. The highest BCUT2D eigenvalue weighted by atomic mass is 16.4. The Morgan fingerprint density at radius 2 is 2.19 bits per heavy atom. The molecule has 5 nitrogen and oxygen atoms in total. The largest absolute Gasteiger partial charge is 0.479 e. The molecule has 0 aromatic rings. The number of likely N-dealkylation sites (tertiary alicyclic amines) is 1. The summed E-state index contributed by atoms with van der Waals surface area (Å²) in [4.78, 5) is 24.7. The van der Waals surface area contributed by atoms with Gasteiger partial charge in [-0.1, -0.05) is 6.92 Å². The molecule has 1 fully saturated rings. The number of carboxylic acid groups (broad SMARTS) is 1. The van der Waals surface area contributed by atoms with E-state index < -0.39 is 11.5 Å². The fourth-order valence-corrected chi connectivity index (χ4v) is 2.37. The summed E-state index contributed by atoms with van der Waals surface area (Å²) in [7, 11) is 0. The average molecular weight is 228 g/mol. The number of amides is 1. The van der Waals surface area contributed by atoms with E-state index in [1.165, 1.54) is 4.90 Å². The van der Waals surface area contributed by atoms with Crippen molar-refractivity contribution < 1.29 is 14.7 Å². The molecule has 1 rings (SSSR count). The number of hydrogen-bond acceptors (Lipinski definition) is 3. The van der Waals surface area contributed by atoms with Crippen molar-refractivity contribution in [1.82, 2.24) is 4.90 Å². The van der Waals surface area contributed by atoms with Crippen LogP contribution in [-0.4, -0.2) is 40.0 Å². The molecule has 0 spiro atoms. The lowest BCUT2D eigenvalue weighted by molar-refractivity contribution is -0.157. The van der Waals surface area contributed by atoms with Crippen LogP contribution in [0.3, 0.4) is 0 Å². The van der Waals surface area contributed by atoms with Crippen molar-refractivity contribution >= 4 is 11.9 Å². The normalized spacial score (nSPS) is 26.8. The molecule has 1 amide bonds. The minimum absolute atomic E-state index is 0.142. The first-order valence-corrected chi connectivity index (χ1v) is 5.73. The van der Waals surface area contributed by atoms with Gasteiger partial charge in [0.2, 0.25) is 5.91 Å². The predicted octanol–water partition coefficient (Wildman–Crippen LogP) is 0.580. The summed E-state index contributed by atoms with van der Waals surface area (Å²) in [5, 5.41) is 9.29. The Kier molecular flexibility index (Phi) is 3.91. The van der Waals surface area contributed by atoms with E-state index in [9.17, 15) is 14.7 Å². The van der Waals surface area contributed by atoms with E-state index in [0.717, 1.165) is 6.42 Å². The van der Waals surface area contributed by atoms with E-state index >= 15 is 0 Å². The Balaban J connectivity index is 2.86. The monoisotopic (exact) mass is 228 g/mol. The maximum Gasteiger partial charge on any atom is 0.329 e. The van der Waals surface area contributed by atoms with Crippen molar-refractivity contribution in [1.29, 1.82) is 0 Å². The zero-order valence-electron chi connectivity index (χ0n) is 9.90. The van der Waals surface area contributed by atoms with Crippen LogP contribution in [0.1, 0.15) is 39.5 Å². The molecule has 0 aromatic heterocycles. The average Bonchev–Trinajstić information content (AvgIpc) is 2.60. The van der Waals surface area contributed by atoms with Gasteiger partial charge in [-0.3, -0.25) is 4.79 Å². The summed E-state index contributed by atoms with van der Waals surface area (Å²) in [6.07, 6.45) is 1.97. The molecule has 2 unspecified atom stereocenters. The highest BCUT2D eigenvalue weighted by Crippen LogP contribution is 2.33. The van der Waals surface area contributed by atoms with E-state index in [-0.39, 0.29) is 18.4 Å². The second-order valence-corrected chi connectivity index (χ2v) is 4.52. The van der Waals surface area contributed by atoms with Crippen LogP contribution in [0.25, 0.3) is 0 Å². The standard InChI is InChI=1S/C11H20N2O3/c1-3-11(10(15)16)5-4-6-13(11)9(14)7-8(2)12/h8H,3-7,12H2,1-2H3,(H,15,16). The summed E-state index contributed by atoms with van der Waals surface area (Å²) in [5.74, 6) is -1.04. The van der Waals surface area contributed by atoms with Gasteiger partial charge in [0, 0.05) is 19.0 Å². The summed E-state index contributed by atoms with van der Waals surface area (Å²) in [6.45, 7) is 4.10. The summed E-state index contributed by atoms with van der Waals surface area (Å²) in [6, 6.07) is -0.226. The van der Waals surface area contributed by atoms with Crippen molar-refractivity contribution in [2.24, 2.45) is 5.73 Å². The maximum atomic E-state index is 11.9. The predicted molar refractivity (Wildman–Crippen MR) is 59.9 cm³/mol. The molecule has 0 aromatic carbocycles. The Morgan fingerprint density at radius 1 is 1.56 bits per heavy atom. The number of aliphatic carboxylic acids is 1. The van der Waals surface area contributed by atoms with Crippen molar-refractivity contribution in [2.75, 3.05) is 6.54 Å². The van der Waals surface area contributed by atoms with Crippen LogP contribution in [0, 0.1) is 0 Å². The third kappa shape index (κ3) is 2.19. The van der Waals surface area contributed by atoms with Gasteiger partial charge in [-0.15, -0.1) is 0 Å². The number of carbonyl (C=O) groups excluding carboxylic acids is 1. The Bertz CT molecular complexity index is 291. The molecule has 1 heterocycles. The molecule has 0 aliphatic carbocycles. The molecule has 5 heteroatoms. The molecule has 1 saturated heterocycles. The molecule has 0 radical (unpaired) electrons. The second kappa shape index (κ2) is 4.82. The number of carboxylic acids is 1. The lowest BCUT2D eigenvalue weighted by Crippen LogP contribution is -2.53. The smallest absolute Gasteiger partial charge is 0.329 e. The Morgan fingerprint density at radius 3 is 2.62 bits per heavy atom. The molecule has 16 heavy (non-hydrogen) atoms. The van der Waals surface area contributed by atoms with Gasteiger partial charge < -0.3 is 15.7 Å². The molecule has 92 valence electrons. The fourth-order valence-electron chi connectivity index (χ4n) is 2.37. The number of rotatable bonds is 4. The van der Waals surface area contributed by atoms with Crippen LogP contribution in [0.15, 0.2) is 0 Å². The minimum atomic E-state index is -0.994. The van der Waals surface area contributed by atoms with Crippen LogP contribution in [0.5, 0.6) is 0 Å². The molecular formula is C11H20N2O3. The molecule has 2 atom stereocenters. The van der Waals surface area contributed by atoms with E-state index in [1.807, 2.05) is 6.92 Å². The molecule has 1 aliphatic rings. The molecule has 1 aliphatic heterocycles. The van der Waals surface area contributed by atoms with Gasteiger partial charge in [-0.05, 0) is 26.2 Å². The summed E-state index contributed by atoms with van der Waals surface area (Å²) in [5.41, 5.74) is 4.58. The Labute approximate surface area is 95.6 Å². The topological polar surface area (TPSA) is 83.6 Å².